The first-order valence-corrected chi connectivity index (χ1v) is 9.23. The number of rotatable bonds is 2. The number of benzene rings is 1. The number of hydrogen-bond donors (Lipinski definition) is 0. The van der Waals surface area contributed by atoms with Crippen molar-refractivity contribution in [1.82, 2.24) is 0 Å². The molecule has 4 heteroatoms. The van der Waals surface area contributed by atoms with E-state index in [9.17, 15) is 0 Å². The minimum atomic E-state index is -1.35. The van der Waals surface area contributed by atoms with Crippen LogP contribution in [-0.4, -0.2) is 8.24 Å². The van der Waals surface area contributed by atoms with E-state index < -0.39 is 8.24 Å². The van der Waals surface area contributed by atoms with Gasteiger partial charge in [-0.05, 0) is 44.6 Å². The van der Waals surface area contributed by atoms with Crippen molar-refractivity contribution in [2.45, 2.75) is 33.5 Å². The van der Waals surface area contributed by atoms with Gasteiger partial charge >= 0.3 is 0 Å². The molecule has 0 aliphatic rings. The van der Waals surface area contributed by atoms with Gasteiger partial charge in [-0.2, -0.15) is 4.36 Å². The van der Waals surface area contributed by atoms with Crippen molar-refractivity contribution >= 4 is 25.3 Å². The maximum atomic E-state index is 4.52. The summed E-state index contributed by atoms with van der Waals surface area (Å²) < 4.78 is 9.00. The highest BCUT2D eigenvalue weighted by atomic mass is 32.1. The molecule has 0 unspecified atom stereocenters. The first-order chi connectivity index (χ1) is 6.90. The summed E-state index contributed by atoms with van der Waals surface area (Å²) in [5.74, 6) is 0. The highest BCUT2D eigenvalue weighted by Gasteiger charge is 2.09. The summed E-state index contributed by atoms with van der Waals surface area (Å²) in [6.45, 7) is 10.8. The van der Waals surface area contributed by atoms with Crippen LogP contribution in [-0.2, 0) is 11.4 Å². The number of nitrogens with zero attached hydrogens (tertiary/aromatic N) is 2. The summed E-state index contributed by atoms with van der Waals surface area (Å²) >= 11 is 1.35. The highest BCUT2D eigenvalue weighted by molar-refractivity contribution is 7.58. The third kappa shape index (κ3) is 4.09. The van der Waals surface area contributed by atoms with E-state index in [4.69, 9.17) is 0 Å². The minimum absolute atomic E-state index is 1.07. The third-order valence-corrected chi connectivity index (χ3v) is 4.67. The van der Waals surface area contributed by atoms with E-state index in [-0.39, 0.29) is 0 Å². The van der Waals surface area contributed by atoms with Gasteiger partial charge in [0, 0.05) is 0 Å². The second kappa shape index (κ2) is 4.85. The van der Waals surface area contributed by atoms with Gasteiger partial charge in [0.25, 0.3) is 0 Å². The van der Waals surface area contributed by atoms with E-state index in [0.29, 0.717) is 0 Å². The van der Waals surface area contributed by atoms with E-state index in [1.165, 1.54) is 22.5 Å². The minimum Gasteiger partial charge on any atom is -0.256 e. The lowest BCUT2D eigenvalue weighted by Crippen LogP contribution is -2.14. The molecule has 0 saturated heterocycles. The topological polar surface area (TPSA) is 24.7 Å². The van der Waals surface area contributed by atoms with Crippen molar-refractivity contribution < 1.29 is 0 Å². The van der Waals surface area contributed by atoms with Gasteiger partial charge < -0.3 is 0 Å². The fourth-order valence-corrected chi connectivity index (χ4v) is 2.65. The van der Waals surface area contributed by atoms with Crippen LogP contribution in [0.1, 0.15) is 11.1 Å². The third-order valence-electron chi connectivity index (χ3n) is 1.89. The summed E-state index contributed by atoms with van der Waals surface area (Å²) in [6.07, 6.45) is 0. The summed E-state index contributed by atoms with van der Waals surface area (Å²) in [5, 5.41) is 0. The van der Waals surface area contributed by atoms with Crippen LogP contribution in [0.4, 0.5) is 5.69 Å². The zero-order valence-corrected chi connectivity index (χ0v) is 11.9. The van der Waals surface area contributed by atoms with Crippen LogP contribution >= 0.6 is 0 Å². The Kier molecular flexibility index (Phi) is 3.99. The van der Waals surface area contributed by atoms with Gasteiger partial charge in [0.2, 0.25) is 0 Å². The lowest BCUT2D eigenvalue weighted by molar-refractivity contribution is 1.34. The Balaban J connectivity index is 3.05. The van der Waals surface area contributed by atoms with Crippen molar-refractivity contribution in [3.8, 4) is 0 Å². The van der Waals surface area contributed by atoms with Crippen molar-refractivity contribution in [1.29, 1.82) is 0 Å². The van der Waals surface area contributed by atoms with Gasteiger partial charge in [-0.3, -0.25) is 4.03 Å². The van der Waals surface area contributed by atoms with Gasteiger partial charge in [-0.1, -0.05) is 18.2 Å². The van der Waals surface area contributed by atoms with Crippen molar-refractivity contribution in [2.75, 3.05) is 0 Å². The number of hydrogen-bond acceptors (Lipinski definition) is 2. The van der Waals surface area contributed by atoms with E-state index in [0.717, 1.165) is 5.69 Å². The van der Waals surface area contributed by atoms with Crippen LogP contribution in [0.3, 0.4) is 0 Å². The van der Waals surface area contributed by atoms with Crippen molar-refractivity contribution in [2.24, 2.45) is 8.39 Å². The smallest absolute Gasteiger partial charge is 0.190 e. The van der Waals surface area contributed by atoms with Crippen LogP contribution in [0.5, 0.6) is 0 Å². The molecule has 0 aliphatic heterocycles. The molecule has 82 valence electrons. The molecule has 0 spiro atoms. The van der Waals surface area contributed by atoms with Crippen LogP contribution in [0.2, 0.25) is 19.6 Å². The lowest BCUT2D eigenvalue weighted by Gasteiger charge is -2.04. The molecule has 0 atom stereocenters. The van der Waals surface area contributed by atoms with E-state index >= 15 is 0 Å². The second-order valence-electron chi connectivity index (χ2n) is 4.68. The Morgan fingerprint density at radius 2 is 1.60 bits per heavy atom. The molecule has 0 radical (unpaired) electrons. The van der Waals surface area contributed by atoms with Crippen molar-refractivity contribution in [3.63, 3.8) is 0 Å². The Morgan fingerprint density at radius 1 is 1.07 bits per heavy atom. The molecule has 0 aliphatic carbocycles. The molecule has 0 bridgehead atoms. The summed E-state index contributed by atoms with van der Waals surface area (Å²) in [6, 6.07) is 6.23. The van der Waals surface area contributed by atoms with Crippen molar-refractivity contribution in [3.05, 3.63) is 29.3 Å². The van der Waals surface area contributed by atoms with E-state index in [1.807, 2.05) is 0 Å². The molecular formula is C11H18N2SSi. The fourth-order valence-electron chi connectivity index (χ4n) is 1.13. The molecule has 1 aromatic rings. The van der Waals surface area contributed by atoms with Gasteiger partial charge in [0.1, 0.15) is 0 Å². The molecule has 0 saturated carbocycles. The molecular weight excluding hydrogens is 220 g/mol. The first kappa shape index (κ1) is 12.3. The van der Waals surface area contributed by atoms with Crippen LogP contribution < -0.4 is 0 Å². The predicted molar refractivity (Wildman–Crippen MR) is 71.1 cm³/mol. The monoisotopic (exact) mass is 238 g/mol. The summed E-state index contributed by atoms with van der Waals surface area (Å²) in [5.41, 5.74) is 3.51. The Labute approximate surface area is 96.7 Å². The maximum absolute atomic E-state index is 4.52. The SMILES string of the molecule is Cc1cccc(C)c1N=S=N[Si](C)(C)C. The fraction of sp³-hybridized carbons (Fsp3) is 0.455. The molecule has 0 fully saturated rings. The first-order valence-electron chi connectivity index (χ1n) is 5.06. The second-order valence-corrected chi connectivity index (χ2v) is 10.1. The van der Waals surface area contributed by atoms with Gasteiger partial charge in [-0.25, -0.2) is 0 Å². The van der Waals surface area contributed by atoms with Gasteiger partial charge in [0.05, 0.1) is 17.0 Å². The Bertz CT molecular complexity index is 395. The van der Waals surface area contributed by atoms with E-state index in [2.05, 4.69) is 60.1 Å². The standard InChI is InChI=1S/C11H18N2SSi/c1-9-7-6-8-10(2)11(9)12-14-13-15(3,4)5/h6-8H,1-5H3. The average molecular weight is 238 g/mol. The van der Waals surface area contributed by atoms with Crippen LogP contribution in [0.15, 0.2) is 26.6 Å². The molecule has 0 amide bonds. The van der Waals surface area contributed by atoms with Crippen LogP contribution in [0, 0.1) is 13.8 Å². The van der Waals surface area contributed by atoms with Gasteiger partial charge in [-0.15, -0.1) is 0 Å². The molecule has 15 heavy (non-hydrogen) atoms. The predicted octanol–water partition coefficient (Wildman–Crippen LogP) is 4.22. The normalized spacial score (nSPS) is 11.0. The highest BCUT2D eigenvalue weighted by Crippen LogP contribution is 2.22. The lowest BCUT2D eigenvalue weighted by atomic mass is 10.1. The largest absolute Gasteiger partial charge is 0.256 e. The summed E-state index contributed by atoms with van der Waals surface area (Å²) in [4.78, 5) is 0. The Morgan fingerprint density at radius 3 is 2.07 bits per heavy atom. The molecule has 0 aromatic heterocycles. The molecule has 1 aromatic carbocycles. The molecule has 0 N–H and O–H groups in total. The maximum Gasteiger partial charge on any atom is 0.190 e. The zero-order chi connectivity index (χ0) is 11.5. The summed E-state index contributed by atoms with van der Waals surface area (Å²) in [7, 11) is -1.35. The average Bonchev–Trinajstić information content (AvgIpc) is 2.08. The van der Waals surface area contributed by atoms with Crippen LogP contribution in [0.25, 0.3) is 0 Å². The molecule has 1 rings (SSSR count). The van der Waals surface area contributed by atoms with Gasteiger partial charge in [0.15, 0.2) is 8.24 Å². The molecule has 0 heterocycles. The Hall–Kier alpha value is -0.743. The van der Waals surface area contributed by atoms with E-state index in [1.54, 1.807) is 0 Å². The number of aryl methyl sites for hydroxylation is 2. The zero-order valence-electron chi connectivity index (χ0n) is 10.0. The quantitative estimate of drug-likeness (QED) is 0.689. The molecule has 2 nitrogen and oxygen atoms in total.